The van der Waals surface area contributed by atoms with E-state index in [9.17, 15) is 15.3 Å². The Balaban J connectivity index is 0.000000490. The average molecular weight is 589 g/mol. The fourth-order valence-corrected chi connectivity index (χ4v) is 5.24. The summed E-state index contributed by atoms with van der Waals surface area (Å²) in [6.07, 6.45) is 3.31. The first-order valence-corrected chi connectivity index (χ1v) is 16.0. The molecule has 0 bridgehead atoms. The van der Waals surface area contributed by atoms with Crippen molar-refractivity contribution in [3.05, 3.63) is 87.5 Å². The number of hydrogen-bond donors (Lipinski definition) is 3. The number of phenolic OH excluding ortho intramolecular Hbond substituents is 3. The minimum atomic E-state index is -0.189. The van der Waals surface area contributed by atoms with Gasteiger partial charge < -0.3 is 15.3 Å². The van der Waals surface area contributed by atoms with Crippen LogP contribution >= 0.6 is 0 Å². The molecule has 3 N–H and O–H groups in total. The van der Waals surface area contributed by atoms with Crippen molar-refractivity contribution in [3.8, 4) is 17.2 Å². The second kappa shape index (κ2) is 13.4. The number of rotatable bonds is 5. The molecule has 0 aliphatic carbocycles. The third-order valence-corrected chi connectivity index (χ3v) is 8.35. The van der Waals surface area contributed by atoms with E-state index in [1.165, 1.54) is 17.5 Å². The SMILES string of the molecule is CC(c1cc(C(C)(C)C)cc(C(C)(C)C)c1O)c1cc(C(C)(C)C)cc(C(C)(C)C)c1O.CCCCc1ccccc1O. The lowest BCUT2D eigenvalue weighted by Crippen LogP contribution is -2.19. The summed E-state index contributed by atoms with van der Waals surface area (Å²) in [6, 6.07) is 16.1. The molecule has 0 aromatic heterocycles. The van der Waals surface area contributed by atoms with Gasteiger partial charge in [0.15, 0.2) is 0 Å². The number of aromatic hydroxyl groups is 3. The molecule has 3 aromatic carbocycles. The molecule has 0 aliphatic heterocycles. The molecule has 3 aromatic rings. The molecule has 0 radical (unpaired) electrons. The molecule has 0 unspecified atom stereocenters. The maximum absolute atomic E-state index is 11.4. The van der Waals surface area contributed by atoms with Gasteiger partial charge in [-0.3, -0.25) is 0 Å². The molecule has 238 valence electrons. The number of hydrogen-bond acceptors (Lipinski definition) is 3. The van der Waals surface area contributed by atoms with Crippen molar-refractivity contribution >= 4 is 0 Å². The highest BCUT2D eigenvalue weighted by Crippen LogP contribution is 2.46. The van der Waals surface area contributed by atoms with Crippen LogP contribution in [0.15, 0.2) is 48.5 Å². The molecule has 0 atom stereocenters. The zero-order valence-corrected chi connectivity index (χ0v) is 29.7. The second-order valence-electron chi connectivity index (χ2n) is 16.4. The summed E-state index contributed by atoms with van der Waals surface area (Å²) in [6.45, 7) is 30.3. The molecule has 3 nitrogen and oxygen atoms in total. The molecule has 43 heavy (non-hydrogen) atoms. The Labute approximate surface area is 263 Å². The third kappa shape index (κ3) is 9.27. The van der Waals surface area contributed by atoms with E-state index in [1.807, 2.05) is 18.2 Å². The van der Waals surface area contributed by atoms with Gasteiger partial charge in [-0.05, 0) is 68.4 Å². The topological polar surface area (TPSA) is 60.7 Å². The number of phenols is 3. The van der Waals surface area contributed by atoms with Crippen LogP contribution in [0.2, 0.25) is 0 Å². The molecular weight excluding hydrogens is 528 g/mol. The van der Waals surface area contributed by atoms with Crippen LogP contribution < -0.4 is 0 Å². The van der Waals surface area contributed by atoms with Crippen LogP contribution in [-0.2, 0) is 28.1 Å². The van der Waals surface area contributed by atoms with Crippen molar-refractivity contribution in [2.24, 2.45) is 0 Å². The summed E-state index contributed by atoms with van der Waals surface area (Å²) >= 11 is 0. The summed E-state index contributed by atoms with van der Waals surface area (Å²) in [5, 5.41) is 32.2. The van der Waals surface area contributed by atoms with E-state index in [0.29, 0.717) is 17.2 Å². The van der Waals surface area contributed by atoms with Crippen molar-refractivity contribution < 1.29 is 15.3 Å². The van der Waals surface area contributed by atoms with Gasteiger partial charge in [0.2, 0.25) is 0 Å². The normalized spacial score (nSPS) is 12.7. The van der Waals surface area contributed by atoms with Gasteiger partial charge in [0.1, 0.15) is 17.2 Å². The zero-order valence-electron chi connectivity index (χ0n) is 29.7. The third-order valence-electron chi connectivity index (χ3n) is 8.35. The zero-order chi connectivity index (χ0) is 33.1. The Hall–Kier alpha value is -2.94. The highest BCUT2D eigenvalue weighted by molar-refractivity contribution is 5.57. The highest BCUT2D eigenvalue weighted by Gasteiger charge is 2.31. The Bertz CT molecular complexity index is 1290. The maximum atomic E-state index is 11.4. The lowest BCUT2D eigenvalue weighted by molar-refractivity contribution is 0.427. The maximum Gasteiger partial charge on any atom is 0.123 e. The summed E-state index contributed by atoms with van der Waals surface area (Å²) in [5.74, 6) is 0.967. The Morgan fingerprint density at radius 2 is 0.977 bits per heavy atom. The van der Waals surface area contributed by atoms with Crippen molar-refractivity contribution in [2.45, 2.75) is 144 Å². The highest BCUT2D eigenvalue weighted by atomic mass is 16.3. The molecule has 0 saturated heterocycles. The molecular formula is C40H60O3. The Morgan fingerprint density at radius 3 is 1.30 bits per heavy atom. The van der Waals surface area contributed by atoms with E-state index < -0.39 is 0 Å². The number of aryl methyl sites for hydroxylation is 1. The molecule has 0 saturated carbocycles. The van der Waals surface area contributed by atoms with Gasteiger partial charge in [-0.1, -0.05) is 146 Å². The van der Waals surface area contributed by atoms with Crippen LogP contribution in [-0.4, -0.2) is 15.3 Å². The van der Waals surface area contributed by atoms with Gasteiger partial charge in [0.05, 0.1) is 0 Å². The van der Waals surface area contributed by atoms with Crippen LogP contribution in [0, 0.1) is 0 Å². The number of unbranched alkanes of at least 4 members (excludes halogenated alkanes) is 1. The largest absolute Gasteiger partial charge is 0.508 e. The standard InChI is InChI=1S/C30H46O2.C10H14O/c1-18(21-14-19(27(2,3)4)16-23(25(21)31)29(8,9)10)22-15-20(28(5,6)7)17-24(26(22)32)30(11,12)13;1-2-3-6-9-7-4-5-8-10(9)11/h14-18,31-32H,1-13H3;4-5,7-8,11H,2-3,6H2,1H3. The predicted molar refractivity (Wildman–Crippen MR) is 185 cm³/mol. The fourth-order valence-electron chi connectivity index (χ4n) is 5.24. The second-order valence-corrected chi connectivity index (χ2v) is 16.4. The summed E-state index contributed by atoms with van der Waals surface area (Å²) < 4.78 is 0. The molecule has 0 fully saturated rings. The first-order valence-electron chi connectivity index (χ1n) is 16.0. The molecule has 3 heteroatoms. The van der Waals surface area contributed by atoms with Gasteiger partial charge in [-0.15, -0.1) is 0 Å². The monoisotopic (exact) mass is 588 g/mol. The quantitative estimate of drug-likeness (QED) is 0.278. The van der Waals surface area contributed by atoms with E-state index in [2.05, 4.69) is 121 Å². The minimum Gasteiger partial charge on any atom is -0.508 e. The smallest absolute Gasteiger partial charge is 0.123 e. The molecule has 3 rings (SSSR count). The lowest BCUT2D eigenvalue weighted by atomic mass is 9.74. The summed E-state index contributed by atoms with van der Waals surface area (Å²) in [4.78, 5) is 0. The average Bonchev–Trinajstić information content (AvgIpc) is 2.85. The van der Waals surface area contributed by atoms with Gasteiger partial charge in [-0.2, -0.15) is 0 Å². The predicted octanol–water partition coefficient (Wildman–Crippen LogP) is 11.2. The lowest BCUT2D eigenvalue weighted by Gasteiger charge is -2.31. The van der Waals surface area contributed by atoms with Crippen molar-refractivity contribution in [1.82, 2.24) is 0 Å². The van der Waals surface area contributed by atoms with Crippen LogP contribution in [0.5, 0.6) is 17.2 Å². The van der Waals surface area contributed by atoms with E-state index >= 15 is 0 Å². The van der Waals surface area contributed by atoms with E-state index in [4.69, 9.17) is 0 Å². The fraction of sp³-hybridized carbons (Fsp3) is 0.550. The van der Waals surface area contributed by atoms with Crippen LogP contribution in [0.25, 0.3) is 0 Å². The first kappa shape index (κ1) is 36.3. The summed E-state index contributed by atoms with van der Waals surface area (Å²) in [5.41, 5.74) is 6.65. The van der Waals surface area contributed by atoms with Gasteiger partial charge >= 0.3 is 0 Å². The molecule has 0 aliphatic rings. The summed E-state index contributed by atoms with van der Waals surface area (Å²) in [7, 11) is 0. The Morgan fingerprint density at radius 1 is 0.581 bits per heavy atom. The van der Waals surface area contributed by atoms with Gasteiger partial charge in [0.25, 0.3) is 0 Å². The minimum absolute atomic E-state index is 0.0476. The van der Waals surface area contributed by atoms with Gasteiger partial charge in [-0.25, -0.2) is 0 Å². The molecule has 0 heterocycles. The van der Waals surface area contributed by atoms with E-state index in [0.717, 1.165) is 40.7 Å². The van der Waals surface area contributed by atoms with E-state index in [-0.39, 0.29) is 27.6 Å². The number of para-hydroxylation sites is 1. The Kier molecular flexibility index (Phi) is 11.3. The van der Waals surface area contributed by atoms with Crippen LogP contribution in [0.1, 0.15) is 155 Å². The van der Waals surface area contributed by atoms with Crippen molar-refractivity contribution in [2.75, 3.05) is 0 Å². The van der Waals surface area contributed by atoms with Gasteiger partial charge in [0, 0.05) is 17.0 Å². The molecule has 0 amide bonds. The van der Waals surface area contributed by atoms with Crippen molar-refractivity contribution in [1.29, 1.82) is 0 Å². The van der Waals surface area contributed by atoms with E-state index in [1.54, 1.807) is 6.07 Å². The number of benzene rings is 3. The molecule has 0 spiro atoms. The first-order chi connectivity index (χ1) is 19.5. The van der Waals surface area contributed by atoms with Crippen LogP contribution in [0.3, 0.4) is 0 Å². The van der Waals surface area contributed by atoms with Crippen molar-refractivity contribution in [3.63, 3.8) is 0 Å². The van der Waals surface area contributed by atoms with Crippen LogP contribution in [0.4, 0.5) is 0 Å².